The lowest BCUT2D eigenvalue weighted by atomic mass is 10.1. The normalized spacial score (nSPS) is 13.9. The van der Waals surface area contributed by atoms with Gasteiger partial charge in [-0.05, 0) is 37.5 Å². The number of amides is 1. The van der Waals surface area contributed by atoms with Gasteiger partial charge >= 0.3 is 0 Å². The lowest BCUT2D eigenvalue weighted by molar-refractivity contribution is -0.123. The van der Waals surface area contributed by atoms with E-state index in [1.54, 1.807) is 12.1 Å². The van der Waals surface area contributed by atoms with Crippen LogP contribution in [0.1, 0.15) is 38.7 Å². The van der Waals surface area contributed by atoms with E-state index in [1.807, 2.05) is 6.92 Å². The second kappa shape index (κ2) is 7.89. The highest BCUT2D eigenvalue weighted by Gasteiger charge is 2.15. The summed E-state index contributed by atoms with van der Waals surface area (Å²) in [6.07, 6.45) is 3.38. The number of hydrogen-bond donors (Lipinski definition) is 2. The molecule has 0 fully saturated rings. The molecule has 3 nitrogen and oxygen atoms in total. The number of rotatable bonds is 7. The maximum absolute atomic E-state index is 12.8. The first kappa shape index (κ1) is 15.6. The SMILES string of the molecule is CCCC[C@H](N)C(=O)NC(C)Cc1ccc(F)cc1. The molecule has 0 heterocycles. The zero-order valence-corrected chi connectivity index (χ0v) is 11.7. The van der Waals surface area contributed by atoms with E-state index in [-0.39, 0.29) is 17.8 Å². The molecule has 0 radical (unpaired) electrons. The van der Waals surface area contributed by atoms with Crippen molar-refractivity contribution >= 4 is 5.91 Å². The van der Waals surface area contributed by atoms with Crippen molar-refractivity contribution in [2.45, 2.75) is 51.6 Å². The van der Waals surface area contributed by atoms with Crippen molar-refractivity contribution in [1.82, 2.24) is 5.32 Å². The lowest BCUT2D eigenvalue weighted by Gasteiger charge is -2.17. The van der Waals surface area contributed by atoms with Crippen molar-refractivity contribution < 1.29 is 9.18 Å². The Morgan fingerprint density at radius 2 is 2.00 bits per heavy atom. The summed E-state index contributed by atoms with van der Waals surface area (Å²) in [5, 5.41) is 2.89. The van der Waals surface area contributed by atoms with Crippen molar-refractivity contribution in [3.05, 3.63) is 35.6 Å². The Labute approximate surface area is 114 Å². The molecule has 0 spiro atoms. The molecule has 0 saturated heterocycles. The van der Waals surface area contributed by atoms with Crippen LogP contribution in [0.2, 0.25) is 0 Å². The molecule has 0 saturated carbocycles. The van der Waals surface area contributed by atoms with Gasteiger partial charge in [-0.25, -0.2) is 4.39 Å². The van der Waals surface area contributed by atoms with E-state index in [9.17, 15) is 9.18 Å². The van der Waals surface area contributed by atoms with E-state index in [4.69, 9.17) is 5.73 Å². The predicted molar refractivity (Wildman–Crippen MR) is 75.2 cm³/mol. The molecule has 0 aromatic heterocycles. The average Bonchev–Trinajstić information content (AvgIpc) is 2.38. The summed E-state index contributed by atoms with van der Waals surface area (Å²) in [6, 6.07) is 5.87. The molecule has 1 aromatic carbocycles. The van der Waals surface area contributed by atoms with Crippen molar-refractivity contribution in [3.63, 3.8) is 0 Å². The second-order valence-electron chi connectivity index (χ2n) is 4.99. The molecule has 0 bridgehead atoms. The molecule has 19 heavy (non-hydrogen) atoms. The fourth-order valence-corrected chi connectivity index (χ4v) is 1.93. The third-order valence-electron chi connectivity index (χ3n) is 3.05. The van der Waals surface area contributed by atoms with Crippen LogP contribution in [0.4, 0.5) is 4.39 Å². The molecule has 3 N–H and O–H groups in total. The van der Waals surface area contributed by atoms with Crippen LogP contribution in [0.15, 0.2) is 24.3 Å². The molecule has 4 heteroatoms. The Morgan fingerprint density at radius 3 is 2.58 bits per heavy atom. The molecule has 0 aliphatic rings. The highest BCUT2D eigenvalue weighted by atomic mass is 19.1. The van der Waals surface area contributed by atoms with E-state index >= 15 is 0 Å². The molecule has 106 valence electrons. The minimum atomic E-state index is -0.435. The fourth-order valence-electron chi connectivity index (χ4n) is 1.93. The van der Waals surface area contributed by atoms with E-state index in [1.165, 1.54) is 12.1 Å². The summed E-state index contributed by atoms with van der Waals surface area (Å²) >= 11 is 0. The smallest absolute Gasteiger partial charge is 0.237 e. The van der Waals surface area contributed by atoms with Gasteiger partial charge in [-0.3, -0.25) is 4.79 Å². The Kier molecular flexibility index (Phi) is 6.50. The van der Waals surface area contributed by atoms with E-state index < -0.39 is 6.04 Å². The summed E-state index contributed by atoms with van der Waals surface area (Å²) < 4.78 is 12.8. The van der Waals surface area contributed by atoms with Crippen LogP contribution < -0.4 is 11.1 Å². The molecule has 2 atom stereocenters. The molecule has 1 unspecified atom stereocenters. The fraction of sp³-hybridized carbons (Fsp3) is 0.533. The van der Waals surface area contributed by atoms with E-state index in [0.717, 1.165) is 18.4 Å². The third-order valence-corrected chi connectivity index (χ3v) is 3.05. The Bertz CT molecular complexity index is 392. The van der Waals surface area contributed by atoms with Gasteiger partial charge in [0.1, 0.15) is 5.82 Å². The summed E-state index contributed by atoms with van der Waals surface area (Å²) in [6.45, 7) is 4.00. The van der Waals surface area contributed by atoms with Crippen molar-refractivity contribution in [1.29, 1.82) is 0 Å². The highest BCUT2D eigenvalue weighted by Crippen LogP contribution is 2.06. The monoisotopic (exact) mass is 266 g/mol. The molecule has 1 amide bonds. The summed E-state index contributed by atoms with van der Waals surface area (Å²) in [5.41, 5.74) is 6.80. The van der Waals surface area contributed by atoms with Gasteiger partial charge in [0.05, 0.1) is 6.04 Å². The number of benzene rings is 1. The molecule has 1 rings (SSSR count). The van der Waals surface area contributed by atoms with Gasteiger partial charge in [0.2, 0.25) is 5.91 Å². The number of carbonyl (C=O) groups is 1. The topological polar surface area (TPSA) is 55.1 Å². The van der Waals surface area contributed by atoms with Crippen molar-refractivity contribution in [2.24, 2.45) is 5.73 Å². The minimum Gasteiger partial charge on any atom is -0.352 e. The third kappa shape index (κ3) is 5.83. The van der Waals surface area contributed by atoms with Gasteiger partial charge in [-0.15, -0.1) is 0 Å². The van der Waals surface area contributed by atoms with Crippen molar-refractivity contribution in [3.8, 4) is 0 Å². The number of nitrogens with two attached hydrogens (primary N) is 1. The molecule has 0 aliphatic carbocycles. The predicted octanol–water partition coefficient (Wildman–Crippen LogP) is 2.39. The largest absolute Gasteiger partial charge is 0.352 e. The lowest BCUT2D eigenvalue weighted by Crippen LogP contribution is -2.45. The van der Waals surface area contributed by atoms with Crippen LogP contribution >= 0.6 is 0 Å². The van der Waals surface area contributed by atoms with Crippen LogP contribution in [0.5, 0.6) is 0 Å². The molecular formula is C15H23FN2O. The van der Waals surface area contributed by atoms with Gasteiger partial charge in [-0.1, -0.05) is 31.9 Å². The van der Waals surface area contributed by atoms with Gasteiger partial charge < -0.3 is 11.1 Å². The van der Waals surface area contributed by atoms with Crippen LogP contribution in [0.3, 0.4) is 0 Å². The maximum Gasteiger partial charge on any atom is 0.237 e. The van der Waals surface area contributed by atoms with E-state index in [2.05, 4.69) is 12.2 Å². The first-order valence-electron chi connectivity index (χ1n) is 6.83. The number of hydrogen-bond acceptors (Lipinski definition) is 2. The standard InChI is InChI=1S/C15H23FN2O/c1-3-4-5-14(17)15(19)18-11(2)10-12-6-8-13(16)9-7-12/h6-9,11,14H,3-5,10,17H2,1-2H3,(H,18,19)/t11?,14-/m0/s1. The van der Waals surface area contributed by atoms with Crippen LogP contribution in [-0.4, -0.2) is 18.0 Å². The quantitative estimate of drug-likeness (QED) is 0.796. The number of nitrogens with one attached hydrogen (secondary N) is 1. The number of unbranched alkanes of at least 4 members (excludes halogenated alkanes) is 1. The summed E-state index contributed by atoms with van der Waals surface area (Å²) in [5.74, 6) is -0.356. The Hall–Kier alpha value is -1.42. The average molecular weight is 266 g/mol. The number of carbonyl (C=O) groups excluding carboxylic acids is 1. The van der Waals surface area contributed by atoms with Crippen LogP contribution in [0.25, 0.3) is 0 Å². The van der Waals surface area contributed by atoms with Gasteiger partial charge in [0, 0.05) is 6.04 Å². The van der Waals surface area contributed by atoms with Gasteiger partial charge in [-0.2, -0.15) is 0 Å². The number of halogens is 1. The van der Waals surface area contributed by atoms with Gasteiger partial charge in [0.25, 0.3) is 0 Å². The zero-order chi connectivity index (χ0) is 14.3. The van der Waals surface area contributed by atoms with E-state index in [0.29, 0.717) is 12.8 Å². The summed E-state index contributed by atoms with van der Waals surface area (Å²) in [4.78, 5) is 11.8. The van der Waals surface area contributed by atoms with Crippen LogP contribution in [0, 0.1) is 5.82 Å². The summed E-state index contributed by atoms with van der Waals surface area (Å²) in [7, 11) is 0. The first-order chi connectivity index (χ1) is 9.02. The first-order valence-corrected chi connectivity index (χ1v) is 6.83. The molecular weight excluding hydrogens is 243 g/mol. The van der Waals surface area contributed by atoms with Crippen molar-refractivity contribution in [2.75, 3.05) is 0 Å². The Balaban J connectivity index is 2.39. The zero-order valence-electron chi connectivity index (χ0n) is 11.7. The van der Waals surface area contributed by atoms with Gasteiger partial charge in [0.15, 0.2) is 0 Å². The Morgan fingerprint density at radius 1 is 1.37 bits per heavy atom. The second-order valence-corrected chi connectivity index (χ2v) is 4.99. The maximum atomic E-state index is 12.8. The minimum absolute atomic E-state index is 0.00867. The van der Waals surface area contributed by atoms with Crippen LogP contribution in [-0.2, 0) is 11.2 Å². The molecule has 1 aromatic rings. The highest BCUT2D eigenvalue weighted by molar-refractivity contribution is 5.81. The molecule has 0 aliphatic heterocycles.